The Morgan fingerprint density at radius 1 is 1.21 bits per heavy atom. The SMILES string of the molecule is Cl.O=C(NCCN1CCNCC1)c1cccc(NC(=O)C2CC2)c1. The van der Waals surface area contributed by atoms with Gasteiger partial charge in [0, 0.05) is 56.4 Å². The number of rotatable bonds is 6. The van der Waals surface area contributed by atoms with E-state index in [1.54, 1.807) is 18.2 Å². The Kier molecular flexibility index (Phi) is 7.02. The third kappa shape index (κ3) is 5.47. The van der Waals surface area contributed by atoms with Gasteiger partial charge in [-0.05, 0) is 31.0 Å². The average Bonchev–Trinajstić information content (AvgIpc) is 3.41. The quantitative estimate of drug-likeness (QED) is 0.716. The van der Waals surface area contributed by atoms with E-state index < -0.39 is 0 Å². The van der Waals surface area contributed by atoms with E-state index in [9.17, 15) is 9.59 Å². The number of halogens is 1. The molecule has 24 heavy (non-hydrogen) atoms. The normalized spacial score (nSPS) is 17.7. The number of carbonyl (C=O) groups is 2. The van der Waals surface area contributed by atoms with Crippen LogP contribution in [0.15, 0.2) is 24.3 Å². The Bertz CT molecular complexity index is 571. The van der Waals surface area contributed by atoms with Crippen LogP contribution in [0, 0.1) is 5.92 Å². The number of piperazine rings is 1. The molecular weight excluding hydrogens is 328 g/mol. The molecule has 0 aromatic heterocycles. The minimum absolute atomic E-state index is 0. The van der Waals surface area contributed by atoms with Crippen LogP contribution in [-0.2, 0) is 4.79 Å². The van der Waals surface area contributed by atoms with Crippen LogP contribution in [0.4, 0.5) is 5.69 Å². The van der Waals surface area contributed by atoms with Crippen molar-refractivity contribution in [1.82, 2.24) is 15.5 Å². The van der Waals surface area contributed by atoms with Crippen molar-refractivity contribution in [3.63, 3.8) is 0 Å². The summed E-state index contributed by atoms with van der Waals surface area (Å²) >= 11 is 0. The molecule has 1 saturated carbocycles. The van der Waals surface area contributed by atoms with Gasteiger partial charge in [0.15, 0.2) is 0 Å². The number of nitrogens with zero attached hydrogens (tertiary/aromatic N) is 1. The maximum atomic E-state index is 12.2. The molecule has 7 heteroatoms. The molecule has 1 aliphatic carbocycles. The first-order valence-electron chi connectivity index (χ1n) is 8.34. The maximum Gasteiger partial charge on any atom is 0.251 e. The van der Waals surface area contributed by atoms with Crippen LogP contribution in [0.1, 0.15) is 23.2 Å². The van der Waals surface area contributed by atoms with E-state index in [2.05, 4.69) is 20.9 Å². The number of anilines is 1. The molecule has 1 heterocycles. The lowest BCUT2D eigenvalue weighted by Crippen LogP contribution is -2.46. The number of benzene rings is 1. The van der Waals surface area contributed by atoms with Gasteiger partial charge in [0.2, 0.25) is 5.91 Å². The zero-order valence-corrected chi connectivity index (χ0v) is 14.5. The molecule has 0 radical (unpaired) electrons. The fourth-order valence-electron chi connectivity index (χ4n) is 2.69. The summed E-state index contributed by atoms with van der Waals surface area (Å²) < 4.78 is 0. The van der Waals surface area contributed by atoms with Crippen molar-refractivity contribution in [3.8, 4) is 0 Å². The Morgan fingerprint density at radius 3 is 2.67 bits per heavy atom. The van der Waals surface area contributed by atoms with Crippen LogP contribution < -0.4 is 16.0 Å². The summed E-state index contributed by atoms with van der Waals surface area (Å²) in [6.07, 6.45) is 1.94. The van der Waals surface area contributed by atoms with E-state index in [0.29, 0.717) is 17.8 Å². The van der Waals surface area contributed by atoms with Crippen LogP contribution >= 0.6 is 12.4 Å². The summed E-state index contributed by atoms with van der Waals surface area (Å²) in [6.45, 7) is 5.58. The summed E-state index contributed by atoms with van der Waals surface area (Å²) in [5, 5.41) is 9.13. The molecule has 2 amide bonds. The second-order valence-electron chi connectivity index (χ2n) is 6.19. The highest BCUT2D eigenvalue weighted by molar-refractivity contribution is 5.98. The zero-order valence-electron chi connectivity index (χ0n) is 13.7. The van der Waals surface area contributed by atoms with Crippen molar-refractivity contribution in [1.29, 1.82) is 0 Å². The predicted molar refractivity (Wildman–Crippen MR) is 96.7 cm³/mol. The molecule has 0 atom stereocenters. The van der Waals surface area contributed by atoms with Crippen LogP contribution in [0.2, 0.25) is 0 Å². The molecule has 1 aliphatic heterocycles. The predicted octanol–water partition coefficient (Wildman–Crippen LogP) is 1.09. The number of nitrogens with one attached hydrogen (secondary N) is 3. The van der Waals surface area contributed by atoms with Crippen LogP contribution in [0.3, 0.4) is 0 Å². The summed E-state index contributed by atoms with van der Waals surface area (Å²) in [6, 6.07) is 7.12. The standard InChI is InChI=1S/C17H24N4O2.ClH/c22-16(19-8-11-21-9-6-18-7-10-21)14-2-1-3-15(12-14)20-17(23)13-4-5-13;/h1-3,12-13,18H,4-11H2,(H,19,22)(H,20,23);1H. The van der Waals surface area contributed by atoms with Gasteiger partial charge in [-0.3, -0.25) is 14.5 Å². The third-order valence-electron chi connectivity index (χ3n) is 4.26. The Labute approximate surface area is 148 Å². The third-order valence-corrected chi connectivity index (χ3v) is 4.26. The molecule has 6 nitrogen and oxygen atoms in total. The summed E-state index contributed by atoms with van der Waals surface area (Å²) in [5.41, 5.74) is 1.27. The summed E-state index contributed by atoms with van der Waals surface area (Å²) in [7, 11) is 0. The fourth-order valence-corrected chi connectivity index (χ4v) is 2.69. The molecule has 0 spiro atoms. The lowest BCUT2D eigenvalue weighted by molar-refractivity contribution is -0.117. The van der Waals surface area contributed by atoms with E-state index in [4.69, 9.17) is 0 Å². The highest BCUT2D eigenvalue weighted by atomic mass is 35.5. The van der Waals surface area contributed by atoms with Gasteiger partial charge in [0.1, 0.15) is 0 Å². The summed E-state index contributed by atoms with van der Waals surface area (Å²) in [4.78, 5) is 26.3. The maximum absolute atomic E-state index is 12.2. The van der Waals surface area contributed by atoms with Crippen LogP contribution in [-0.4, -0.2) is 56.0 Å². The topological polar surface area (TPSA) is 73.5 Å². The van der Waals surface area contributed by atoms with Crippen molar-refractivity contribution in [2.24, 2.45) is 5.92 Å². The Hall–Kier alpha value is -1.63. The second-order valence-corrected chi connectivity index (χ2v) is 6.19. The van der Waals surface area contributed by atoms with Gasteiger partial charge in [0.25, 0.3) is 5.91 Å². The summed E-state index contributed by atoms with van der Waals surface area (Å²) in [5.74, 6) is 0.121. The molecule has 132 valence electrons. The minimum atomic E-state index is -0.0948. The van der Waals surface area contributed by atoms with E-state index in [0.717, 1.165) is 45.6 Å². The molecule has 3 rings (SSSR count). The van der Waals surface area contributed by atoms with Crippen molar-refractivity contribution >= 4 is 29.9 Å². The lowest BCUT2D eigenvalue weighted by Gasteiger charge is -2.27. The molecule has 1 aromatic rings. The lowest BCUT2D eigenvalue weighted by atomic mass is 10.2. The molecule has 0 unspecified atom stereocenters. The monoisotopic (exact) mass is 352 g/mol. The van der Waals surface area contributed by atoms with Gasteiger partial charge in [-0.25, -0.2) is 0 Å². The highest BCUT2D eigenvalue weighted by Gasteiger charge is 2.29. The Balaban J connectivity index is 0.00000208. The van der Waals surface area contributed by atoms with E-state index >= 15 is 0 Å². The number of hydrogen-bond acceptors (Lipinski definition) is 4. The fraction of sp³-hybridized carbons (Fsp3) is 0.529. The van der Waals surface area contributed by atoms with Crippen molar-refractivity contribution < 1.29 is 9.59 Å². The van der Waals surface area contributed by atoms with Crippen molar-refractivity contribution in [2.45, 2.75) is 12.8 Å². The molecular formula is C17H25ClN4O2. The van der Waals surface area contributed by atoms with Crippen molar-refractivity contribution in [2.75, 3.05) is 44.6 Å². The van der Waals surface area contributed by atoms with E-state index in [-0.39, 0.29) is 30.1 Å². The molecule has 2 fully saturated rings. The minimum Gasteiger partial charge on any atom is -0.351 e. The van der Waals surface area contributed by atoms with Crippen LogP contribution in [0.5, 0.6) is 0 Å². The van der Waals surface area contributed by atoms with Crippen LogP contribution in [0.25, 0.3) is 0 Å². The first-order chi connectivity index (χ1) is 11.2. The first-order valence-corrected chi connectivity index (χ1v) is 8.34. The smallest absolute Gasteiger partial charge is 0.251 e. The molecule has 1 aromatic carbocycles. The molecule has 3 N–H and O–H groups in total. The van der Waals surface area contributed by atoms with Gasteiger partial charge < -0.3 is 16.0 Å². The first kappa shape index (κ1) is 18.7. The number of carbonyl (C=O) groups excluding carboxylic acids is 2. The van der Waals surface area contributed by atoms with Gasteiger partial charge in [-0.15, -0.1) is 12.4 Å². The molecule has 2 aliphatic rings. The zero-order chi connectivity index (χ0) is 16.1. The average molecular weight is 353 g/mol. The second kappa shape index (κ2) is 9.01. The van der Waals surface area contributed by atoms with E-state index in [1.165, 1.54) is 0 Å². The number of hydrogen-bond donors (Lipinski definition) is 3. The largest absolute Gasteiger partial charge is 0.351 e. The van der Waals surface area contributed by atoms with Gasteiger partial charge in [0.05, 0.1) is 0 Å². The van der Waals surface area contributed by atoms with E-state index in [1.807, 2.05) is 6.07 Å². The number of amides is 2. The molecule has 0 bridgehead atoms. The Morgan fingerprint density at radius 2 is 1.96 bits per heavy atom. The van der Waals surface area contributed by atoms with Crippen molar-refractivity contribution in [3.05, 3.63) is 29.8 Å². The highest BCUT2D eigenvalue weighted by Crippen LogP contribution is 2.30. The van der Waals surface area contributed by atoms with Gasteiger partial charge >= 0.3 is 0 Å². The van der Waals surface area contributed by atoms with Gasteiger partial charge in [-0.1, -0.05) is 6.07 Å². The van der Waals surface area contributed by atoms with Gasteiger partial charge in [-0.2, -0.15) is 0 Å². The molecule has 1 saturated heterocycles.